The average molecular weight is 392 g/mol. The molecule has 130 valence electrons. The van der Waals surface area contributed by atoms with Crippen molar-refractivity contribution in [1.82, 2.24) is 15.1 Å². The summed E-state index contributed by atoms with van der Waals surface area (Å²) in [4.78, 5) is 12.7. The van der Waals surface area contributed by atoms with Gasteiger partial charge in [0.1, 0.15) is 5.69 Å². The molecule has 0 aliphatic carbocycles. The molecule has 1 N–H and O–H groups in total. The summed E-state index contributed by atoms with van der Waals surface area (Å²) < 4.78 is 2.34. The lowest BCUT2D eigenvalue weighted by atomic mass is 9.84. The second-order valence-electron chi connectivity index (χ2n) is 7.78. The quantitative estimate of drug-likeness (QED) is 0.839. The van der Waals surface area contributed by atoms with Crippen LogP contribution in [0.15, 0.2) is 28.7 Å². The minimum absolute atomic E-state index is 0.114. The van der Waals surface area contributed by atoms with Gasteiger partial charge in [-0.05, 0) is 53.2 Å². The van der Waals surface area contributed by atoms with E-state index in [9.17, 15) is 4.79 Å². The summed E-state index contributed by atoms with van der Waals surface area (Å²) in [6.45, 7) is 12.5. The lowest BCUT2D eigenvalue weighted by Gasteiger charge is -2.28. The van der Waals surface area contributed by atoms with Crippen LogP contribution in [0.25, 0.3) is 0 Å². The first-order valence-electron chi connectivity index (χ1n) is 8.06. The molecule has 0 saturated carbocycles. The Morgan fingerprint density at radius 2 is 1.58 bits per heavy atom. The third-order valence-electron chi connectivity index (χ3n) is 4.26. The first kappa shape index (κ1) is 18.7. The molecule has 2 rings (SSSR count). The highest BCUT2D eigenvalue weighted by Gasteiger charge is 2.27. The molecule has 0 radical (unpaired) electrons. The summed E-state index contributed by atoms with van der Waals surface area (Å²) >= 11 is 3.45. The number of hydrogen-bond donors (Lipinski definition) is 1. The summed E-state index contributed by atoms with van der Waals surface area (Å²) in [6, 6.07) is 8.44. The second kappa shape index (κ2) is 6.36. The van der Waals surface area contributed by atoms with Gasteiger partial charge in [-0.2, -0.15) is 5.10 Å². The Morgan fingerprint density at radius 3 is 2.00 bits per heavy atom. The summed E-state index contributed by atoms with van der Waals surface area (Å²) in [5, 5.41) is 7.39. The van der Waals surface area contributed by atoms with Crippen molar-refractivity contribution < 1.29 is 4.79 Å². The Balaban J connectivity index is 2.26. The molecule has 0 unspecified atom stereocenters. The number of carbonyl (C=O) groups is 1. The second-order valence-corrected chi connectivity index (χ2v) is 8.57. The maximum atomic E-state index is 12.7. The first-order chi connectivity index (χ1) is 10.9. The monoisotopic (exact) mass is 391 g/mol. The molecule has 2 aromatic rings. The Kier molecular flexibility index (Phi) is 4.96. The smallest absolute Gasteiger partial charge is 0.271 e. The average Bonchev–Trinajstić information content (AvgIpc) is 2.70. The van der Waals surface area contributed by atoms with Crippen molar-refractivity contribution in [2.45, 2.75) is 52.5 Å². The van der Waals surface area contributed by atoms with E-state index in [1.54, 1.807) is 11.7 Å². The van der Waals surface area contributed by atoms with E-state index in [-0.39, 0.29) is 11.3 Å². The summed E-state index contributed by atoms with van der Waals surface area (Å²) in [5.41, 5.74) is 3.31. The molecule has 1 heterocycles. The van der Waals surface area contributed by atoms with Crippen molar-refractivity contribution in [1.29, 1.82) is 0 Å². The summed E-state index contributed by atoms with van der Waals surface area (Å²) in [7, 11) is 1.78. The Hall–Kier alpha value is -1.62. The number of amides is 1. The van der Waals surface area contributed by atoms with E-state index in [1.807, 2.05) is 20.8 Å². The summed E-state index contributed by atoms with van der Waals surface area (Å²) in [6.07, 6.45) is 0. The third-order valence-corrected chi connectivity index (χ3v) is 5.21. The lowest BCUT2D eigenvalue weighted by molar-refractivity contribution is 0.0901. The number of benzene rings is 1. The van der Waals surface area contributed by atoms with Crippen LogP contribution in [-0.4, -0.2) is 15.7 Å². The molecule has 0 atom stereocenters. The number of carbonyl (C=O) groups excluding carboxylic acids is 1. The molecule has 1 aromatic carbocycles. The van der Waals surface area contributed by atoms with E-state index in [2.05, 4.69) is 71.4 Å². The number of nitrogens with one attached hydrogen (secondary N) is 1. The molecule has 0 bridgehead atoms. The molecular formula is C19H26BrN3O. The van der Waals surface area contributed by atoms with Crippen molar-refractivity contribution in [3.8, 4) is 0 Å². The highest BCUT2D eigenvalue weighted by Crippen LogP contribution is 2.27. The zero-order chi connectivity index (χ0) is 18.3. The third kappa shape index (κ3) is 3.72. The Labute approximate surface area is 152 Å². The minimum atomic E-state index is -0.481. The van der Waals surface area contributed by atoms with Crippen LogP contribution in [0.1, 0.15) is 61.9 Å². The van der Waals surface area contributed by atoms with Crippen molar-refractivity contribution in [2.75, 3.05) is 0 Å². The lowest BCUT2D eigenvalue weighted by Crippen LogP contribution is -2.41. The highest BCUT2D eigenvalue weighted by atomic mass is 79.9. The standard InChI is InChI=1S/C19H26BrN3O/c1-12-15(20)16(23(7)22-12)17(24)21-19(5,6)14-10-8-13(9-11-14)18(2,3)4/h8-11H,1-7H3,(H,21,24). The molecule has 0 fully saturated rings. The maximum absolute atomic E-state index is 12.7. The molecular weight excluding hydrogens is 366 g/mol. The van der Waals surface area contributed by atoms with Crippen LogP contribution in [0.3, 0.4) is 0 Å². The fourth-order valence-electron chi connectivity index (χ4n) is 2.68. The molecule has 4 nitrogen and oxygen atoms in total. The largest absolute Gasteiger partial charge is 0.342 e. The van der Waals surface area contributed by atoms with Gasteiger partial charge >= 0.3 is 0 Å². The van der Waals surface area contributed by atoms with Crippen molar-refractivity contribution in [3.05, 3.63) is 51.3 Å². The van der Waals surface area contributed by atoms with Crippen LogP contribution >= 0.6 is 15.9 Å². The van der Waals surface area contributed by atoms with Gasteiger partial charge in [0.25, 0.3) is 5.91 Å². The van der Waals surface area contributed by atoms with Crippen LogP contribution < -0.4 is 5.32 Å². The molecule has 24 heavy (non-hydrogen) atoms. The van der Waals surface area contributed by atoms with Crippen LogP contribution in [0.2, 0.25) is 0 Å². The van der Waals surface area contributed by atoms with E-state index in [4.69, 9.17) is 0 Å². The Morgan fingerprint density at radius 1 is 1.08 bits per heavy atom. The SMILES string of the molecule is Cc1nn(C)c(C(=O)NC(C)(C)c2ccc(C(C)(C)C)cc2)c1Br. The van der Waals surface area contributed by atoms with Crippen LogP contribution in [-0.2, 0) is 18.0 Å². The van der Waals surface area contributed by atoms with Crippen molar-refractivity contribution in [2.24, 2.45) is 7.05 Å². The van der Waals surface area contributed by atoms with Gasteiger partial charge in [0.05, 0.1) is 15.7 Å². The number of aryl methyl sites for hydroxylation is 2. The molecule has 0 aliphatic rings. The van der Waals surface area contributed by atoms with E-state index >= 15 is 0 Å². The van der Waals surface area contributed by atoms with Crippen molar-refractivity contribution >= 4 is 21.8 Å². The molecule has 0 aliphatic heterocycles. The van der Waals surface area contributed by atoms with E-state index in [0.29, 0.717) is 5.69 Å². The van der Waals surface area contributed by atoms with Gasteiger partial charge in [0.15, 0.2) is 0 Å². The van der Waals surface area contributed by atoms with Crippen LogP contribution in [0.4, 0.5) is 0 Å². The first-order valence-corrected chi connectivity index (χ1v) is 8.85. The molecule has 0 saturated heterocycles. The van der Waals surface area contributed by atoms with E-state index < -0.39 is 5.54 Å². The van der Waals surface area contributed by atoms with Crippen molar-refractivity contribution in [3.63, 3.8) is 0 Å². The number of halogens is 1. The highest BCUT2D eigenvalue weighted by molar-refractivity contribution is 9.10. The maximum Gasteiger partial charge on any atom is 0.271 e. The normalized spacial score (nSPS) is 12.3. The minimum Gasteiger partial charge on any atom is -0.342 e. The fourth-order valence-corrected chi connectivity index (χ4v) is 3.20. The molecule has 1 amide bonds. The van der Waals surface area contributed by atoms with Gasteiger partial charge in [0, 0.05) is 7.05 Å². The van der Waals surface area contributed by atoms with Gasteiger partial charge in [-0.1, -0.05) is 45.0 Å². The van der Waals surface area contributed by atoms with E-state index in [1.165, 1.54) is 5.56 Å². The molecule has 0 spiro atoms. The molecule has 5 heteroatoms. The number of nitrogens with zero attached hydrogens (tertiary/aromatic N) is 2. The van der Waals surface area contributed by atoms with Gasteiger partial charge in [0.2, 0.25) is 0 Å². The fraction of sp³-hybridized carbons (Fsp3) is 0.474. The predicted octanol–water partition coefficient (Wildman–Crippen LogP) is 4.45. The molecule has 1 aromatic heterocycles. The zero-order valence-corrected chi connectivity index (χ0v) is 17.1. The van der Waals surface area contributed by atoms with Gasteiger partial charge in [-0.15, -0.1) is 0 Å². The summed E-state index contributed by atoms with van der Waals surface area (Å²) in [5.74, 6) is -0.144. The van der Waals surface area contributed by atoms with E-state index in [0.717, 1.165) is 15.7 Å². The number of rotatable bonds is 3. The zero-order valence-electron chi connectivity index (χ0n) is 15.5. The van der Waals surface area contributed by atoms with Crippen LogP contribution in [0, 0.1) is 6.92 Å². The van der Waals surface area contributed by atoms with Gasteiger partial charge < -0.3 is 5.32 Å². The number of hydrogen-bond acceptors (Lipinski definition) is 2. The number of aromatic nitrogens is 2. The van der Waals surface area contributed by atoms with Gasteiger partial charge in [-0.25, -0.2) is 0 Å². The topological polar surface area (TPSA) is 46.9 Å². The van der Waals surface area contributed by atoms with Crippen LogP contribution in [0.5, 0.6) is 0 Å². The predicted molar refractivity (Wildman–Crippen MR) is 101 cm³/mol. The Bertz CT molecular complexity index is 752. The van der Waals surface area contributed by atoms with Gasteiger partial charge in [-0.3, -0.25) is 9.48 Å².